The molecule has 0 spiro atoms. The number of oxime groups is 1. The largest absolute Gasteiger partial charge is 0.411 e. The molecular weight excluding hydrogens is 236 g/mol. The van der Waals surface area contributed by atoms with Crippen LogP contribution < -0.4 is 0 Å². The SMILES string of the molecule is Cc1ccc(C)n1-c1ccc2c(c1)CCCC2=NO. The molecule has 19 heavy (non-hydrogen) atoms. The third-order valence-electron chi connectivity index (χ3n) is 3.91. The molecule has 1 aliphatic rings. The number of hydrogen-bond acceptors (Lipinski definition) is 2. The molecule has 1 N–H and O–H groups in total. The van der Waals surface area contributed by atoms with Crippen LogP contribution in [0.2, 0.25) is 0 Å². The summed E-state index contributed by atoms with van der Waals surface area (Å²) in [5, 5.41) is 12.5. The number of aromatic nitrogens is 1. The van der Waals surface area contributed by atoms with Gasteiger partial charge in [0.15, 0.2) is 0 Å². The first-order valence-corrected chi connectivity index (χ1v) is 6.70. The quantitative estimate of drug-likeness (QED) is 0.612. The summed E-state index contributed by atoms with van der Waals surface area (Å²) < 4.78 is 2.25. The van der Waals surface area contributed by atoms with Crippen LogP contribution in [0.5, 0.6) is 0 Å². The lowest BCUT2D eigenvalue weighted by Crippen LogP contribution is -2.13. The first-order chi connectivity index (χ1) is 9.20. The van der Waals surface area contributed by atoms with Gasteiger partial charge >= 0.3 is 0 Å². The van der Waals surface area contributed by atoms with Crippen LogP contribution in [0.1, 0.15) is 35.4 Å². The van der Waals surface area contributed by atoms with Crippen molar-refractivity contribution in [3.63, 3.8) is 0 Å². The topological polar surface area (TPSA) is 37.5 Å². The second-order valence-corrected chi connectivity index (χ2v) is 5.19. The fourth-order valence-electron chi connectivity index (χ4n) is 2.97. The van der Waals surface area contributed by atoms with Crippen molar-refractivity contribution in [2.45, 2.75) is 33.1 Å². The Balaban J connectivity index is 2.12. The van der Waals surface area contributed by atoms with E-state index in [0.717, 1.165) is 30.5 Å². The average molecular weight is 254 g/mol. The molecule has 0 atom stereocenters. The van der Waals surface area contributed by atoms with E-state index in [0.29, 0.717) is 0 Å². The number of fused-ring (bicyclic) bond motifs is 1. The summed E-state index contributed by atoms with van der Waals surface area (Å²) in [5.74, 6) is 0. The maximum absolute atomic E-state index is 9.06. The molecule has 0 aliphatic heterocycles. The predicted molar refractivity (Wildman–Crippen MR) is 76.5 cm³/mol. The molecule has 0 amide bonds. The van der Waals surface area contributed by atoms with Crippen molar-refractivity contribution < 1.29 is 5.21 Å². The lowest BCUT2D eigenvalue weighted by atomic mass is 9.90. The first kappa shape index (κ1) is 12.0. The van der Waals surface area contributed by atoms with E-state index < -0.39 is 0 Å². The van der Waals surface area contributed by atoms with Gasteiger partial charge in [-0.2, -0.15) is 0 Å². The van der Waals surface area contributed by atoms with Crippen LogP contribution in [-0.4, -0.2) is 15.5 Å². The molecule has 1 heterocycles. The van der Waals surface area contributed by atoms with Crippen LogP contribution in [0, 0.1) is 13.8 Å². The maximum atomic E-state index is 9.06. The molecule has 3 nitrogen and oxygen atoms in total. The molecule has 3 rings (SSSR count). The summed E-state index contributed by atoms with van der Waals surface area (Å²) >= 11 is 0. The van der Waals surface area contributed by atoms with E-state index in [9.17, 15) is 0 Å². The molecule has 1 aromatic carbocycles. The number of benzene rings is 1. The Morgan fingerprint density at radius 2 is 1.79 bits per heavy atom. The van der Waals surface area contributed by atoms with Crippen LogP contribution in [0.3, 0.4) is 0 Å². The highest BCUT2D eigenvalue weighted by atomic mass is 16.4. The van der Waals surface area contributed by atoms with Gasteiger partial charge in [-0.25, -0.2) is 0 Å². The summed E-state index contributed by atoms with van der Waals surface area (Å²) in [5.41, 5.74) is 6.87. The van der Waals surface area contributed by atoms with Gasteiger partial charge in [-0.1, -0.05) is 11.2 Å². The van der Waals surface area contributed by atoms with E-state index in [-0.39, 0.29) is 0 Å². The Bertz CT molecular complexity index is 633. The third kappa shape index (κ3) is 1.95. The van der Waals surface area contributed by atoms with Gasteiger partial charge in [0.1, 0.15) is 0 Å². The molecule has 3 heteroatoms. The van der Waals surface area contributed by atoms with E-state index in [1.165, 1.54) is 22.6 Å². The molecule has 0 saturated heterocycles. The predicted octanol–water partition coefficient (Wildman–Crippen LogP) is 3.61. The summed E-state index contributed by atoms with van der Waals surface area (Å²) in [6.07, 6.45) is 2.98. The van der Waals surface area contributed by atoms with Gasteiger partial charge in [0, 0.05) is 22.6 Å². The monoisotopic (exact) mass is 254 g/mol. The lowest BCUT2D eigenvalue weighted by molar-refractivity contribution is 0.317. The molecule has 2 aromatic rings. The second-order valence-electron chi connectivity index (χ2n) is 5.19. The van der Waals surface area contributed by atoms with Crippen molar-refractivity contribution in [3.8, 4) is 5.69 Å². The highest BCUT2D eigenvalue weighted by molar-refractivity contribution is 6.02. The lowest BCUT2D eigenvalue weighted by Gasteiger charge is -2.19. The highest BCUT2D eigenvalue weighted by Gasteiger charge is 2.17. The number of hydrogen-bond donors (Lipinski definition) is 1. The van der Waals surface area contributed by atoms with Crippen LogP contribution in [-0.2, 0) is 6.42 Å². The van der Waals surface area contributed by atoms with Crippen LogP contribution in [0.15, 0.2) is 35.5 Å². The van der Waals surface area contributed by atoms with Crippen molar-refractivity contribution in [1.29, 1.82) is 0 Å². The average Bonchev–Trinajstić information content (AvgIpc) is 2.77. The van der Waals surface area contributed by atoms with E-state index >= 15 is 0 Å². The third-order valence-corrected chi connectivity index (χ3v) is 3.91. The summed E-state index contributed by atoms with van der Waals surface area (Å²) in [7, 11) is 0. The van der Waals surface area contributed by atoms with Gasteiger partial charge in [-0.15, -0.1) is 0 Å². The van der Waals surface area contributed by atoms with E-state index in [1.807, 2.05) is 0 Å². The maximum Gasteiger partial charge on any atom is 0.0870 e. The summed E-state index contributed by atoms with van der Waals surface area (Å²) in [6.45, 7) is 4.24. The van der Waals surface area contributed by atoms with Crippen molar-refractivity contribution in [2.24, 2.45) is 5.16 Å². The van der Waals surface area contributed by atoms with Gasteiger partial charge in [-0.3, -0.25) is 0 Å². The first-order valence-electron chi connectivity index (χ1n) is 6.70. The van der Waals surface area contributed by atoms with Gasteiger partial charge in [0.2, 0.25) is 0 Å². The Morgan fingerprint density at radius 1 is 1.05 bits per heavy atom. The number of aryl methyl sites for hydroxylation is 3. The number of nitrogens with zero attached hydrogens (tertiary/aromatic N) is 2. The summed E-state index contributed by atoms with van der Waals surface area (Å²) in [4.78, 5) is 0. The Morgan fingerprint density at radius 3 is 2.47 bits per heavy atom. The Labute approximate surface area is 113 Å². The van der Waals surface area contributed by atoms with Crippen molar-refractivity contribution in [3.05, 3.63) is 52.8 Å². The summed E-state index contributed by atoms with van der Waals surface area (Å²) in [6, 6.07) is 10.7. The minimum absolute atomic E-state index is 0.814. The minimum atomic E-state index is 0.814. The van der Waals surface area contributed by atoms with E-state index in [1.54, 1.807) is 0 Å². The zero-order valence-corrected chi connectivity index (χ0v) is 11.3. The standard InChI is InChI=1S/C16H18N2O/c1-11-6-7-12(2)18(11)14-8-9-15-13(10-14)4-3-5-16(15)17-19/h6-10,19H,3-5H2,1-2H3. The van der Waals surface area contributed by atoms with Gasteiger partial charge in [0.25, 0.3) is 0 Å². The molecule has 0 unspecified atom stereocenters. The zero-order valence-electron chi connectivity index (χ0n) is 11.3. The molecule has 1 aliphatic carbocycles. The van der Waals surface area contributed by atoms with E-state index in [4.69, 9.17) is 5.21 Å². The normalized spacial score (nSPS) is 16.6. The highest BCUT2D eigenvalue weighted by Crippen LogP contribution is 2.26. The zero-order chi connectivity index (χ0) is 13.4. The fraction of sp³-hybridized carbons (Fsp3) is 0.312. The van der Waals surface area contributed by atoms with Crippen LogP contribution >= 0.6 is 0 Å². The fourth-order valence-corrected chi connectivity index (χ4v) is 2.97. The van der Waals surface area contributed by atoms with Gasteiger partial charge < -0.3 is 9.77 Å². The number of rotatable bonds is 1. The van der Waals surface area contributed by atoms with Gasteiger partial charge in [-0.05, 0) is 62.9 Å². The van der Waals surface area contributed by atoms with E-state index in [2.05, 4.69) is 53.9 Å². The molecular formula is C16H18N2O. The van der Waals surface area contributed by atoms with Crippen molar-refractivity contribution in [1.82, 2.24) is 4.57 Å². The van der Waals surface area contributed by atoms with Crippen molar-refractivity contribution in [2.75, 3.05) is 0 Å². The van der Waals surface area contributed by atoms with Crippen molar-refractivity contribution >= 4 is 5.71 Å². The second kappa shape index (κ2) is 4.57. The van der Waals surface area contributed by atoms with Gasteiger partial charge in [0.05, 0.1) is 5.71 Å². The smallest absolute Gasteiger partial charge is 0.0870 e. The molecule has 0 saturated carbocycles. The minimum Gasteiger partial charge on any atom is -0.411 e. The van der Waals surface area contributed by atoms with Crippen LogP contribution in [0.25, 0.3) is 5.69 Å². The molecule has 0 bridgehead atoms. The van der Waals surface area contributed by atoms with Crippen LogP contribution in [0.4, 0.5) is 0 Å². The Kier molecular flexibility index (Phi) is 2.90. The molecule has 98 valence electrons. The molecule has 0 radical (unpaired) electrons. The molecule has 1 aromatic heterocycles. The molecule has 0 fully saturated rings. The Hall–Kier alpha value is -2.03.